The molecule has 0 amide bonds. The van der Waals surface area contributed by atoms with Crippen LogP contribution in [0.1, 0.15) is 10.6 Å². The van der Waals surface area contributed by atoms with Gasteiger partial charge in [-0.05, 0) is 21.9 Å². The minimum absolute atomic E-state index is 0.772. The topological polar surface area (TPSA) is 60.9 Å². The molecule has 112 valence electrons. The zero-order valence-corrected chi connectivity index (χ0v) is 13.9. The summed E-state index contributed by atoms with van der Waals surface area (Å²) in [5.41, 5.74) is 1.05. The average Bonchev–Trinajstić information content (AvgIpc) is 3.26. The van der Waals surface area contributed by atoms with Crippen LogP contribution in [0.4, 0.5) is 0 Å². The highest BCUT2D eigenvalue weighted by Crippen LogP contribution is 2.21. The SMILES string of the molecule is c1csc(CCn2nnnc2SCc2cn3ccsc3n2)c1. The summed E-state index contributed by atoms with van der Waals surface area (Å²) < 4.78 is 3.91. The normalized spacial score (nSPS) is 11.5. The summed E-state index contributed by atoms with van der Waals surface area (Å²) >= 11 is 5.03. The fourth-order valence-electron chi connectivity index (χ4n) is 2.10. The second kappa shape index (κ2) is 6.19. The van der Waals surface area contributed by atoms with E-state index in [1.54, 1.807) is 34.4 Å². The summed E-state index contributed by atoms with van der Waals surface area (Å²) in [6, 6.07) is 4.21. The predicted octanol–water partition coefficient (Wildman–Crippen LogP) is 2.98. The Balaban J connectivity index is 1.40. The van der Waals surface area contributed by atoms with Gasteiger partial charge in [-0.25, -0.2) is 9.67 Å². The molecular formula is C13H12N6S3. The standard InChI is InChI=1S/C13H12N6S3/c1-2-11(20-6-1)3-4-19-13(15-16-17-19)22-9-10-8-18-5-7-21-12(18)14-10/h1-2,5-8H,3-4,9H2. The Morgan fingerprint density at radius 1 is 1.23 bits per heavy atom. The summed E-state index contributed by atoms with van der Waals surface area (Å²) in [4.78, 5) is 6.94. The minimum atomic E-state index is 0.772. The molecule has 4 aromatic rings. The van der Waals surface area contributed by atoms with E-state index in [4.69, 9.17) is 0 Å². The lowest BCUT2D eigenvalue weighted by Crippen LogP contribution is -2.04. The summed E-state index contributed by atoms with van der Waals surface area (Å²) in [5.74, 6) is 0.772. The van der Waals surface area contributed by atoms with Crippen LogP contribution >= 0.6 is 34.4 Å². The molecule has 4 heterocycles. The minimum Gasteiger partial charge on any atom is -0.297 e. The van der Waals surface area contributed by atoms with Gasteiger partial charge in [0.15, 0.2) is 4.96 Å². The van der Waals surface area contributed by atoms with Gasteiger partial charge in [0.2, 0.25) is 5.16 Å². The molecule has 0 saturated heterocycles. The Kier molecular flexibility index (Phi) is 3.92. The summed E-state index contributed by atoms with van der Waals surface area (Å²) in [5, 5.41) is 16.9. The van der Waals surface area contributed by atoms with Crippen LogP contribution in [0.25, 0.3) is 4.96 Å². The van der Waals surface area contributed by atoms with Crippen molar-refractivity contribution in [2.75, 3.05) is 0 Å². The number of thiazole rings is 1. The molecule has 0 saturated carbocycles. The maximum absolute atomic E-state index is 4.57. The summed E-state index contributed by atoms with van der Waals surface area (Å²) in [6.45, 7) is 0.800. The van der Waals surface area contributed by atoms with Gasteiger partial charge in [0.25, 0.3) is 0 Å². The number of tetrazole rings is 1. The molecule has 0 spiro atoms. The van der Waals surface area contributed by atoms with Gasteiger partial charge in [0.1, 0.15) is 0 Å². The Hall–Kier alpha value is -1.71. The monoisotopic (exact) mass is 348 g/mol. The van der Waals surface area contributed by atoms with Crippen LogP contribution in [0.3, 0.4) is 0 Å². The third kappa shape index (κ3) is 2.92. The molecule has 0 aliphatic carbocycles. The van der Waals surface area contributed by atoms with E-state index < -0.39 is 0 Å². The number of thiophene rings is 1. The molecule has 4 aromatic heterocycles. The van der Waals surface area contributed by atoms with Crippen molar-refractivity contribution in [1.29, 1.82) is 0 Å². The van der Waals surface area contributed by atoms with Crippen LogP contribution < -0.4 is 0 Å². The molecule has 9 heteroatoms. The van der Waals surface area contributed by atoms with E-state index in [2.05, 4.69) is 44.2 Å². The number of nitrogens with zero attached hydrogens (tertiary/aromatic N) is 6. The first-order valence-corrected chi connectivity index (χ1v) is 9.45. The van der Waals surface area contributed by atoms with Crippen LogP contribution in [0.15, 0.2) is 40.4 Å². The molecule has 0 aliphatic rings. The number of hydrogen-bond acceptors (Lipinski definition) is 7. The molecule has 0 aliphatic heterocycles. The van der Waals surface area contributed by atoms with Crippen LogP contribution in [-0.2, 0) is 18.7 Å². The Morgan fingerprint density at radius 3 is 3.09 bits per heavy atom. The molecule has 0 aromatic carbocycles. The van der Waals surface area contributed by atoms with Crippen LogP contribution in [0, 0.1) is 0 Å². The van der Waals surface area contributed by atoms with Crippen molar-refractivity contribution in [3.63, 3.8) is 0 Å². The van der Waals surface area contributed by atoms with Crippen LogP contribution in [-0.4, -0.2) is 29.6 Å². The Labute approximate surface area is 138 Å². The molecule has 0 atom stereocenters. The maximum atomic E-state index is 4.57. The Morgan fingerprint density at radius 2 is 2.23 bits per heavy atom. The number of hydrogen-bond donors (Lipinski definition) is 0. The lowest BCUT2D eigenvalue weighted by Gasteiger charge is -2.02. The van der Waals surface area contributed by atoms with E-state index in [1.165, 1.54) is 4.88 Å². The first-order valence-electron chi connectivity index (χ1n) is 6.71. The van der Waals surface area contributed by atoms with Crippen molar-refractivity contribution in [2.24, 2.45) is 0 Å². The first-order chi connectivity index (χ1) is 10.9. The molecule has 6 nitrogen and oxygen atoms in total. The van der Waals surface area contributed by atoms with Gasteiger partial charge in [-0.2, -0.15) is 0 Å². The highest BCUT2D eigenvalue weighted by Gasteiger charge is 2.09. The molecular weight excluding hydrogens is 336 g/mol. The lowest BCUT2D eigenvalue weighted by molar-refractivity contribution is 0.550. The molecule has 0 bridgehead atoms. The molecule has 0 unspecified atom stereocenters. The molecule has 4 rings (SSSR count). The van der Waals surface area contributed by atoms with E-state index in [0.29, 0.717) is 0 Å². The van der Waals surface area contributed by atoms with Crippen LogP contribution in [0.2, 0.25) is 0 Å². The van der Waals surface area contributed by atoms with Crippen molar-refractivity contribution < 1.29 is 0 Å². The number of rotatable bonds is 6. The van der Waals surface area contributed by atoms with Gasteiger partial charge in [0.05, 0.1) is 12.2 Å². The van der Waals surface area contributed by atoms with E-state index in [0.717, 1.165) is 34.5 Å². The quantitative estimate of drug-likeness (QED) is 0.501. The number of aryl methyl sites for hydroxylation is 2. The fraction of sp³-hybridized carbons (Fsp3) is 0.231. The number of thioether (sulfide) groups is 1. The molecule has 22 heavy (non-hydrogen) atoms. The zero-order chi connectivity index (χ0) is 14.8. The molecule has 0 radical (unpaired) electrons. The van der Waals surface area contributed by atoms with E-state index in [1.807, 2.05) is 20.7 Å². The smallest absolute Gasteiger partial charge is 0.209 e. The summed E-state index contributed by atoms with van der Waals surface area (Å²) in [7, 11) is 0. The van der Waals surface area contributed by atoms with Gasteiger partial charge >= 0.3 is 0 Å². The zero-order valence-electron chi connectivity index (χ0n) is 11.5. The highest BCUT2D eigenvalue weighted by atomic mass is 32.2. The number of aromatic nitrogens is 6. The van der Waals surface area contributed by atoms with Gasteiger partial charge in [-0.15, -0.1) is 27.8 Å². The van der Waals surface area contributed by atoms with Crippen molar-refractivity contribution in [2.45, 2.75) is 23.9 Å². The van der Waals surface area contributed by atoms with Crippen molar-refractivity contribution in [3.05, 3.63) is 45.9 Å². The Bertz CT molecular complexity index is 831. The van der Waals surface area contributed by atoms with Gasteiger partial charge in [-0.3, -0.25) is 4.40 Å². The van der Waals surface area contributed by atoms with Gasteiger partial charge in [-0.1, -0.05) is 17.8 Å². The van der Waals surface area contributed by atoms with Gasteiger partial charge < -0.3 is 0 Å². The summed E-state index contributed by atoms with van der Waals surface area (Å²) in [6.07, 6.45) is 5.03. The van der Waals surface area contributed by atoms with E-state index in [-0.39, 0.29) is 0 Å². The van der Waals surface area contributed by atoms with E-state index in [9.17, 15) is 0 Å². The third-order valence-electron chi connectivity index (χ3n) is 3.14. The number of imidazole rings is 1. The van der Waals surface area contributed by atoms with Crippen molar-refractivity contribution in [3.8, 4) is 0 Å². The fourth-order valence-corrected chi connectivity index (χ4v) is 4.30. The predicted molar refractivity (Wildman–Crippen MR) is 88.5 cm³/mol. The third-order valence-corrected chi connectivity index (χ3v) is 5.84. The second-order valence-corrected chi connectivity index (χ2v) is 7.48. The molecule has 0 N–H and O–H groups in total. The first kappa shape index (κ1) is 13.9. The number of fused-ring (bicyclic) bond motifs is 1. The lowest BCUT2D eigenvalue weighted by atomic mass is 10.3. The average molecular weight is 348 g/mol. The molecule has 0 fully saturated rings. The second-order valence-electron chi connectivity index (χ2n) is 4.63. The van der Waals surface area contributed by atoms with Crippen molar-refractivity contribution >= 4 is 39.4 Å². The van der Waals surface area contributed by atoms with Gasteiger partial charge in [0, 0.05) is 34.8 Å². The van der Waals surface area contributed by atoms with Crippen molar-refractivity contribution in [1.82, 2.24) is 29.6 Å². The highest BCUT2D eigenvalue weighted by molar-refractivity contribution is 7.98. The largest absolute Gasteiger partial charge is 0.297 e. The maximum Gasteiger partial charge on any atom is 0.209 e. The van der Waals surface area contributed by atoms with Crippen LogP contribution in [0.5, 0.6) is 0 Å². The van der Waals surface area contributed by atoms with E-state index >= 15 is 0 Å².